The van der Waals surface area contributed by atoms with Gasteiger partial charge >= 0.3 is 0 Å². The molecular formula is C10H13N3. The highest BCUT2D eigenvalue weighted by Crippen LogP contribution is 2.30. The van der Waals surface area contributed by atoms with Crippen LogP contribution in [-0.4, -0.2) is 23.7 Å². The fourth-order valence-corrected chi connectivity index (χ4v) is 2.17. The van der Waals surface area contributed by atoms with E-state index in [2.05, 4.69) is 22.9 Å². The molecule has 0 amide bonds. The van der Waals surface area contributed by atoms with Crippen molar-refractivity contribution in [3.8, 4) is 6.07 Å². The van der Waals surface area contributed by atoms with Gasteiger partial charge in [0.25, 0.3) is 0 Å². The molecule has 2 bridgehead atoms. The third kappa shape index (κ3) is 1.24. The third-order valence-electron chi connectivity index (χ3n) is 2.77. The largest absolute Gasteiger partial charge is 0.375 e. The second kappa shape index (κ2) is 3.23. The lowest BCUT2D eigenvalue weighted by Crippen LogP contribution is -2.47. The van der Waals surface area contributed by atoms with Crippen LogP contribution in [0.2, 0.25) is 0 Å². The van der Waals surface area contributed by atoms with E-state index in [9.17, 15) is 0 Å². The number of rotatable bonds is 2. The van der Waals surface area contributed by atoms with Crippen LogP contribution in [0.3, 0.4) is 0 Å². The van der Waals surface area contributed by atoms with E-state index < -0.39 is 0 Å². The van der Waals surface area contributed by atoms with E-state index in [-0.39, 0.29) is 0 Å². The summed E-state index contributed by atoms with van der Waals surface area (Å²) >= 11 is 0. The first kappa shape index (κ1) is 8.33. The average molecular weight is 175 g/mol. The SMILES string of the molecule is C=CCN1[C@@H]2CC[C@H]1C(C#N)=CN2. The van der Waals surface area contributed by atoms with Gasteiger partial charge in [0.1, 0.15) is 0 Å². The van der Waals surface area contributed by atoms with E-state index in [0.29, 0.717) is 12.2 Å². The van der Waals surface area contributed by atoms with Crippen LogP contribution in [0.5, 0.6) is 0 Å². The molecule has 1 N–H and O–H groups in total. The third-order valence-corrected chi connectivity index (χ3v) is 2.77. The minimum absolute atomic E-state index is 0.328. The van der Waals surface area contributed by atoms with Crippen LogP contribution in [0.15, 0.2) is 24.4 Å². The Hall–Kier alpha value is -1.27. The topological polar surface area (TPSA) is 39.1 Å². The molecular weight excluding hydrogens is 162 g/mol. The first-order valence-electron chi connectivity index (χ1n) is 4.59. The van der Waals surface area contributed by atoms with Gasteiger partial charge < -0.3 is 5.32 Å². The molecule has 2 heterocycles. The Kier molecular flexibility index (Phi) is 2.07. The monoisotopic (exact) mass is 175 g/mol. The van der Waals surface area contributed by atoms with Crippen molar-refractivity contribution in [2.24, 2.45) is 0 Å². The number of nitrogens with zero attached hydrogens (tertiary/aromatic N) is 2. The maximum Gasteiger partial charge on any atom is 0.0979 e. The van der Waals surface area contributed by atoms with Gasteiger partial charge in [0.2, 0.25) is 0 Å². The highest BCUT2D eigenvalue weighted by molar-refractivity contribution is 5.31. The fourth-order valence-electron chi connectivity index (χ4n) is 2.17. The molecule has 1 saturated heterocycles. The molecule has 0 aromatic heterocycles. The molecule has 0 spiro atoms. The van der Waals surface area contributed by atoms with Crippen LogP contribution in [0, 0.1) is 11.3 Å². The van der Waals surface area contributed by atoms with Crippen LogP contribution >= 0.6 is 0 Å². The summed E-state index contributed by atoms with van der Waals surface area (Å²) in [5.74, 6) is 0. The summed E-state index contributed by atoms with van der Waals surface area (Å²) in [6, 6.07) is 2.57. The molecule has 68 valence electrons. The summed E-state index contributed by atoms with van der Waals surface area (Å²) in [5.41, 5.74) is 0.857. The van der Waals surface area contributed by atoms with Crippen LogP contribution in [0.1, 0.15) is 12.8 Å². The van der Waals surface area contributed by atoms with Gasteiger partial charge in [0.05, 0.1) is 17.8 Å². The maximum atomic E-state index is 8.89. The van der Waals surface area contributed by atoms with Crippen molar-refractivity contribution in [2.75, 3.05) is 6.54 Å². The number of hydrogen-bond acceptors (Lipinski definition) is 3. The summed E-state index contributed by atoms with van der Waals surface area (Å²) in [6.07, 6.45) is 6.39. The molecule has 13 heavy (non-hydrogen) atoms. The van der Waals surface area contributed by atoms with E-state index in [1.165, 1.54) is 0 Å². The van der Waals surface area contributed by atoms with Crippen molar-refractivity contribution in [1.82, 2.24) is 10.2 Å². The molecule has 0 aromatic carbocycles. The molecule has 2 atom stereocenters. The molecule has 1 fully saturated rings. The lowest BCUT2D eigenvalue weighted by molar-refractivity contribution is 0.206. The Labute approximate surface area is 78.3 Å². The van der Waals surface area contributed by atoms with E-state index in [0.717, 1.165) is 25.0 Å². The van der Waals surface area contributed by atoms with E-state index in [4.69, 9.17) is 5.26 Å². The Morgan fingerprint density at radius 2 is 2.62 bits per heavy atom. The van der Waals surface area contributed by atoms with Gasteiger partial charge in [0.15, 0.2) is 0 Å². The minimum atomic E-state index is 0.328. The van der Waals surface area contributed by atoms with E-state index in [1.807, 2.05) is 12.3 Å². The minimum Gasteiger partial charge on any atom is -0.375 e. The molecule has 2 aliphatic rings. The van der Waals surface area contributed by atoms with Gasteiger partial charge in [-0.25, -0.2) is 0 Å². The Balaban J connectivity index is 2.21. The molecule has 0 unspecified atom stereocenters. The molecule has 3 nitrogen and oxygen atoms in total. The van der Waals surface area contributed by atoms with Gasteiger partial charge in [0, 0.05) is 18.8 Å². The predicted octanol–water partition coefficient (Wildman–Crippen LogP) is 0.974. The highest BCUT2D eigenvalue weighted by atomic mass is 15.3. The molecule has 0 aromatic rings. The molecule has 0 radical (unpaired) electrons. The van der Waals surface area contributed by atoms with E-state index >= 15 is 0 Å². The zero-order valence-corrected chi connectivity index (χ0v) is 7.53. The highest BCUT2D eigenvalue weighted by Gasteiger charge is 2.37. The standard InChI is InChI=1S/C10H13N3/c1-2-5-13-9-3-4-10(13)12-7-8(9)6-11/h2,7,9-10,12H,1,3-5H2/t9-,10+/m0/s1. The zero-order chi connectivity index (χ0) is 9.26. The summed E-state index contributed by atoms with van der Waals surface area (Å²) in [7, 11) is 0. The molecule has 2 aliphatic heterocycles. The molecule has 2 rings (SSSR count). The quantitative estimate of drug-likeness (QED) is 0.636. The van der Waals surface area contributed by atoms with Crippen LogP contribution in [0.4, 0.5) is 0 Å². The normalized spacial score (nSPS) is 31.8. The fraction of sp³-hybridized carbons (Fsp3) is 0.500. The van der Waals surface area contributed by atoms with Gasteiger partial charge in [-0.2, -0.15) is 5.26 Å². The van der Waals surface area contributed by atoms with Crippen LogP contribution in [-0.2, 0) is 0 Å². The lowest BCUT2D eigenvalue weighted by Gasteiger charge is -2.32. The average Bonchev–Trinajstić information content (AvgIpc) is 2.44. The van der Waals surface area contributed by atoms with E-state index in [1.54, 1.807) is 0 Å². The summed E-state index contributed by atoms with van der Waals surface area (Å²) in [6.45, 7) is 4.59. The van der Waals surface area contributed by atoms with Crippen molar-refractivity contribution in [1.29, 1.82) is 5.26 Å². The van der Waals surface area contributed by atoms with Crippen molar-refractivity contribution in [2.45, 2.75) is 25.0 Å². The van der Waals surface area contributed by atoms with Crippen molar-refractivity contribution >= 4 is 0 Å². The molecule has 3 heteroatoms. The number of fused-ring (bicyclic) bond motifs is 2. The van der Waals surface area contributed by atoms with Gasteiger partial charge in [-0.1, -0.05) is 6.08 Å². The Bertz CT molecular complexity index is 287. The number of hydrogen-bond donors (Lipinski definition) is 1. The van der Waals surface area contributed by atoms with Crippen LogP contribution < -0.4 is 5.32 Å². The number of nitrogens with one attached hydrogen (secondary N) is 1. The summed E-state index contributed by atoms with van der Waals surface area (Å²) < 4.78 is 0. The zero-order valence-electron chi connectivity index (χ0n) is 7.53. The Morgan fingerprint density at radius 3 is 3.31 bits per heavy atom. The van der Waals surface area contributed by atoms with Crippen LogP contribution in [0.25, 0.3) is 0 Å². The maximum absolute atomic E-state index is 8.89. The van der Waals surface area contributed by atoms with Gasteiger partial charge in [-0.3, -0.25) is 4.90 Å². The van der Waals surface area contributed by atoms with Gasteiger partial charge in [-0.15, -0.1) is 6.58 Å². The summed E-state index contributed by atoms with van der Waals surface area (Å²) in [5, 5.41) is 12.1. The van der Waals surface area contributed by atoms with Crippen molar-refractivity contribution in [3.05, 3.63) is 24.4 Å². The molecule has 0 aliphatic carbocycles. The predicted molar refractivity (Wildman–Crippen MR) is 50.5 cm³/mol. The van der Waals surface area contributed by atoms with Crippen molar-refractivity contribution < 1.29 is 0 Å². The summed E-state index contributed by atoms with van der Waals surface area (Å²) in [4.78, 5) is 2.30. The van der Waals surface area contributed by atoms with Crippen molar-refractivity contribution in [3.63, 3.8) is 0 Å². The first-order chi connectivity index (χ1) is 6.36. The second-order valence-corrected chi connectivity index (χ2v) is 3.47. The lowest BCUT2D eigenvalue weighted by atomic mass is 10.1. The molecule has 0 saturated carbocycles. The Morgan fingerprint density at radius 1 is 1.77 bits per heavy atom. The second-order valence-electron chi connectivity index (χ2n) is 3.47. The smallest absolute Gasteiger partial charge is 0.0979 e. The number of nitriles is 1. The first-order valence-corrected chi connectivity index (χ1v) is 4.59. The van der Waals surface area contributed by atoms with Gasteiger partial charge in [-0.05, 0) is 12.8 Å².